The first-order valence-electron chi connectivity index (χ1n) is 6.97. The molecule has 0 aliphatic rings. The van der Waals surface area contributed by atoms with Gasteiger partial charge in [0.1, 0.15) is 5.75 Å². The maximum atomic E-state index is 9.77. The standard InChI is InChI=1S/C15H24ClNO3/c1-3-4-8-20-11-12(18)9-17-10-13-14(16)6-5-7-15(13)19-2/h5-7,12,17-18H,3-4,8-11H2,1-2H3. The minimum absolute atomic E-state index is 0.354. The van der Waals surface area contributed by atoms with E-state index in [2.05, 4.69) is 12.2 Å². The lowest BCUT2D eigenvalue weighted by Gasteiger charge is -2.14. The first-order chi connectivity index (χ1) is 9.69. The minimum Gasteiger partial charge on any atom is -0.496 e. The molecule has 0 radical (unpaired) electrons. The van der Waals surface area contributed by atoms with E-state index in [-0.39, 0.29) is 0 Å². The molecule has 1 unspecified atom stereocenters. The monoisotopic (exact) mass is 301 g/mol. The van der Waals surface area contributed by atoms with Crippen LogP contribution in [0.2, 0.25) is 5.02 Å². The van der Waals surface area contributed by atoms with Gasteiger partial charge in [0.05, 0.1) is 19.8 Å². The van der Waals surface area contributed by atoms with Gasteiger partial charge in [0.2, 0.25) is 0 Å². The third-order valence-corrected chi connectivity index (χ3v) is 3.28. The van der Waals surface area contributed by atoms with Crippen molar-refractivity contribution in [3.63, 3.8) is 0 Å². The molecule has 0 saturated heterocycles. The van der Waals surface area contributed by atoms with Gasteiger partial charge in [-0.05, 0) is 18.6 Å². The summed E-state index contributed by atoms with van der Waals surface area (Å²) in [6, 6.07) is 5.54. The maximum Gasteiger partial charge on any atom is 0.124 e. The van der Waals surface area contributed by atoms with Gasteiger partial charge < -0.3 is 19.9 Å². The number of benzene rings is 1. The molecule has 114 valence electrons. The van der Waals surface area contributed by atoms with Crippen LogP contribution in [-0.2, 0) is 11.3 Å². The molecule has 1 rings (SSSR count). The molecule has 4 nitrogen and oxygen atoms in total. The van der Waals surface area contributed by atoms with E-state index in [1.165, 1.54) is 0 Å². The summed E-state index contributed by atoms with van der Waals surface area (Å²) in [5.74, 6) is 0.749. The van der Waals surface area contributed by atoms with Crippen molar-refractivity contribution in [1.29, 1.82) is 0 Å². The highest BCUT2D eigenvalue weighted by molar-refractivity contribution is 6.31. The van der Waals surface area contributed by atoms with Crippen LogP contribution < -0.4 is 10.1 Å². The third kappa shape index (κ3) is 6.09. The molecule has 0 aromatic heterocycles. The molecule has 0 fully saturated rings. The van der Waals surface area contributed by atoms with E-state index in [1.54, 1.807) is 7.11 Å². The van der Waals surface area contributed by atoms with Gasteiger partial charge in [-0.25, -0.2) is 0 Å². The molecule has 0 heterocycles. The van der Waals surface area contributed by atoms with Crippen LogP contribution in [0.4, 0.5) is 0 Å². The quantitative estimate of drug-likeness (QED) is 0.652. The Balaban J connectivity index is 2.30. The fourth-order valence-electron chi connectivity index (χ4n) is 1.79. The number of nitrogens with one attached hydrogen (secondary N) is 1. The van der Waals surface area contributed by atoms with Crippen LogP contribution in [0.5, 0.6) is 5.75 Å². The first-order valence-corrected chi connectivity index (χ1v) is 7.34. The van der Waals surface area contributed by atoms with Crippen LogP contribution in [0.25, 0.3) is 0 Å². The molecule has 20 heavy (non-hydrogen) atoms. The van der Waals surface area contributed by atoms with Crippen LogP contribution in [0.3, 0.4) is 0 Å². The van der Waals surface area contributed by atoms with Crippen molar-refractivity contribution in [1.82, 2.24) is 5.32 Å². The molecular weight excluding hydrogens is 278 g/mol. The van der Waals surface area contributed by atoms with Gasteiger partial charge in [-0.3, -0.25) is 0 Å². The zero-order valence-electron chi connectivity index (χ0n) is 12.2. The Hall–Kier alpha value is -0.810. The van der Waals surface area contributed by atoms with Crippen molar-refractivity contribution in [3.05, 3.63) is 28.8 Å². The lowest BCUT2D eigenvalue weighted by atomic mass is 10.2. The summed E-state index contributed by atoms with van der Waals surface area (Å²) in [7, 11) is 1.62. The van der Waals surface area contributed by atoms with Crippen LogP contribution in [0.15, 0.2) is 18.2 Å². The number of rotatable bonds is 10. The van der Waals surface area contributed by atoms with E-state index >= 15 is 0 Å². The van der Waals surface area contributed by atoms with Gasteiger partial charge in [0.25, 0.3) is 0 Å². The van der Waals surface area contributed by atoms with Crippen molar-refractivity contribution in [2.75, 3.05) is 26.9 Å². The smallest absolute Gasteiger partial charge is 0.124 e. The SMILES string of the molecule is CCCCOCC(O)CNCc1c(Cl)cccc1OC. The normalized spacial score (nSPS) is 12.4. The summed E-state index contributed by atoms with van der Waals surface area (Å²) in [5.41, 5.74) is 0.899. The Morgan fingerprint density at radius 1 is 1.40 bits per heavy atom. The minimum atomic E-state index is -0.514. The lowest BCUT2D eigenvalue weighted by Crippen LogP contribution is -2.30. The highest BCUT2D eigenvalue weighted by Crippen LogP contribution is 2.25. The molecule has 1 aromatic rings. The predicted octanol–water partition coefficient (Wildman–Crippen LogP) is 2.62. The van der Waals surface area contributed by atoms with Crippen LogP contribution in [-0.4, -0.2) is 38.1 Å². The number of unbranched alkanes of at least 4 members (excludes halogenated alkanes) is 1. The summed E-state index contributed by atoms with van der Waals surface area (Å²) in [4.78, 5) is 0. The molecule has 0 aliphatic carbocycles. The Morgan fingerprint density at radius 3 is 2.90 bits per heavy atom. The zero-order chi connectivity index (χ0) is 14.8. The summed E-state index contributed by atoms with van der Waals surface area (Å²) < 4.78 is 10.6. The Labute approximate surface area is 126 Å². The Kier molecular flexibility index (Phi) is 8.62. The van der Waals surface area contributed by atoms with Gasteiger partial charge in [0, 0.05) is 30.3 Å². The Bertz CT molecular complexity index is 387. The van der Waals surface area contributed by atoms with Gasteiger partial charge in [0.15, 0.2) is 0 Å². The molecule has 5 heteroatoms. The van der Waals surface area contributed by atoms with E-state index in [4.69, 9.17) is 21.1 Å². The van der Waals surface area contributed by atoms with Crippen molar-refractivity contribution in [3.8, 4) is 5.75 Å². The van der Waals surface area contributed by atoms with Crippen LogP contribution in [0.1, 0.15) is 25.3 Å². The van der Waals surface area contributed by atoms with E-state index in [9.17, 15) is 5.11 Å². The Morgan fingerprint density at radius 2 is 2.20 bits per heavy atom. The molecule has 0 spiro atoms. The highest BCUT2D eigenvalue weighted by atomic mass is 35.5. The molecular formula is C15H24ClNO3. The number of hydrogen-bond donors (Lipinski definition) is 2. The van der Waals surface area contributed by atoms with E-state index in [0.717, 1.165) is 24.2 Å². The second-order valence-electron chi connectivity index (χ2n) is 4.63. The maximum absolute atomic E-state index is 9.77. The van der Waals surface area contributed by atoms with Gasteiger partial charge >= 0.3 is 0 Å². The molecule has 0 bridgehead atoms. The van der Waals surface area contributed by atoms with Gasteiger partial charge in [-0.1, -0.05) is 31.0 Å². The fourth-order valence-corrected chi connectivity index (χ4v) is 2.02. The zero-order valence-corrected chi connectivity index (χ0v) is 12.9. The number of hydrogen-bond acceptors (Lipinski definition) is 4. The lowest BCUT2D eigenvalue weighted by molar-refractivity contribution is 0.0358. The number of halogens is 1. The number of aliphatic hydroxyl groups is 1. The van der Waals surface area contributed by atoms with Gasteiger partial charge in [-0.15, -0.1) is 0 Å². The van der Waals surface area contributed by atoms with Crippen molar-refractivity contribution >= 4 is 11.6 Å². The van der Waals surface area contributed by atoms with Gasteiger partial charge in [-0.2, -0.15) is 0 Å². The van der Waals surface area contributed by atoms with Crippen LogP contribution >= 0.6 is 11.6 Å². The number of methoxy groups -OCH3 is 1. The van der Waals surface area contributed by atoms with Crippen molar-refractivity contribution < 1.29 is 14.6 Å². The third-order valence-electron chi connectivity index (χ3n) is 2.93. The van der Waals surface area contributed by atoms with E-state index in [1.807, 2.05) is 18.2 Å². The summed E-state index contributed by atoms with van der Waals surface area (Å²) >= 11 is 6.13. The summed E-state index contributed by atoms with van der Waals surface area (Å²) in [6.07, 6.45) is 1.61. The predicted molar refractivity (Wildman–Crippen MR) is 81.4 cm³/mol. The fraction of sp³-hybridized carbons (Fsp3) is 0.600. The van der Waals surface area contributed by atoms with Crippen LogP contribution in [0, 0.1) is 0 Å². The molecule has 0 aliphatic heterocycles. The second-order valence-corrected chi connectivity index (χ2v) is 5.04. The molecule has 1 atom stereocenters. The van der Waals surface area contributed by atoms with E-state index < -0.39 is 6.10 Å². The first kappa shape index (κ1) is 17.2. The highest BCUT2D eigenvalue weighted by Gasteiger charge is 2.09. The summed E-state index contributed by atoms with van der Waals surface area (Å²) in [5, 5.41) is 13.6. The molecule has 0 amide bonds. The number of aliphatic hydroxyl groups excluding tert-OH is 1. The molecule has 2 N–H and O–H groups in total. The average molecular weight is 302 g/mol. The topological polar surface area (TPSA) is 50.7 Å². The van der Waals surface area contributed by atoms with E-state index in [0.29, 0.717) is 31.3 Å². The largest absolute Gasteiger partial charge is 0.496 e. The summed E-state index contributed by atoms with van der Waals surface area (Å²) in [6.45, 7) is 4.17. The average Bonchev–Trinajstić information content (AvgIpc) is 2.45. The van der Waals surface area contributed by atoms with Crippen molar-refractivity contribution in [2.45, 2.75) is 32.4 Å². The number of ether oxygens (including phenoxy) is 2. The van der Waals surface area contributed by atoms with Crippen molar-refractivity contribution in [2.24, 2.45) is 0 Å². The molecule has 1 aromatic carbocycles. The molecule has 0 saturated carbocycles. The second kappa shape index (κ2) is 10.00.